The van der Waals surface area contributed by atoms with E-state index in [1.54, 1.807) is 0 Å². The van der Waals surface area contributed by atoms with E-state index in [0.717, 1.165) is 12.5 Å². The second-order valence-corrected chi connectivity index (χ2v) is 5.67. The molecular weight excluding hydrogens is 220 g/mol. The molecule has 18 heavy (non-hydrogen) atoms. The molecule has 0 spiro atoms. The maximum absolute atomic E-state index is 5.98. The van der Waals surface area contributed by atoms with Crippen LogP contribution in [0.4, 0.5) is 0 Å². The van der Waals surface area contributed by atoms with E-state index in [9.17, 15) is 0 Å². The first-order chi connectivity index (χ1) is 8.56. The van der Waals surface area contributed by atoms with Crippen molar-refractivity contribution in [2.75, 3.05) is 20.1 Å². The highest BCUT2D eigenvalue weighted by atomic mass is 15.1. The van der Waals surface area contributed by atoms with E-state index in [1.807, 2.05) is 0 Å². The minimum atomic E-state index is 0.422. The summed E-state index contributed by atoms with van der Waals surface area (Å²) in [4.78, 5) is 2.41. The van der Waals surface area contributed by atoms with Crippen molar-refractivity contribution in [3.63, 3.8) is 0 Å². The van der Waals surface area contributed by atoms with Gasteiger partial charge in [0.25, 0.3) is 0 Å². The van der Waals surface area contributed by atoms with Crippen molar-refractivity contribution < 1.29 is 0 Å². The van der Waals surface area contributed by atoms with Gasteiger partial charge in [0.05, 0.1) is 0 Å². The Bertz CT molecular complexity index is 321. The number of nitrogens with zero attached hydrogens (tertiary/aromatic N) is 1. The second-order valence-electron chi connectivity index (χ2n) is 5.67. The van der Waals surface area contributed by atoms with Gasteiger partial charge in [-0.1, -0.05) is 51.1 Å². The molecule has 0 aromatic heterocycles. The van der Waals surface area contributed by atoms with Gasteiger partial charge in [0.2, 0.25) is 0 Å². The normalized spacial score (nSPS) is 15.1. The summed E-state index contributed by atoms with van der Waals surface area (Å²) >= 11 is 0. The highest BCUT2D eigenvalue weighted by Crippen LogP contribution is 2.22. The minimum Gasteiger partial charge on any atom is -0.329 e. The van der Waals surface area contributed by atoms with Crippen LogP contribution < -0.4 is 5.73 Å². The van der Waals surface area contributed by atoms with Crippen molar-refractivity contribution >= 4 is 0 Å². The van der Waals surface area contributed by atoms with Gasteiger partial charge >= 0.3 is 0 Å². The van der Waals surface area contributed by atoms with Crippen molar-refractivity contribution in [2.24, 2.45) is 11.7 Å². The molecule has 0 saturated heterocycles. The molecule has 1 rings (SSSR count). The molecule has 2 nitrogen and oxygen atoms in total. The SMILES string of the molecule is CC(C)CCN(C)C(CN)C(C)c1ccccc1. The molecule has 0 radical (unpaired) electrons. The van der Waals surface area contributed by atoms with Gasteiger partial charge in [0.15, 0.2) is 0 Å². The monoisotopic (exact) mass is 248 g/mol. The molecule has 1 aromatic rings. The van der Waals surface area contributed by atoms with Crippen LogP contribution in [0.2, 0.25) is 0 Å². The van der Waals surface area contributed by atoms with Gasteiger partial charge in [-0.2, -0.15) is 0 Å². The standard InChI is InChI=1S/C16H28N2/c1-13(2)10-11-18(4)16(12-17)14(3)15-8-6-5-7-9-15/h5-9,13-14,16H,10-12,17H2,1-4H3. The van der Waals surface area contributed by atoms with E-state index in [4.69, 9.17) is 5.73 Å². The van der Waals surface area contributed by atoms with Gasteiger partial charge in [-0.3, -0.25) is 0 Å². The van der Waals surface area contributed by atoms with Gasteiger partial charge in [0, 0.05) is 12.6 Å². The molecule has 2 unspecified atom stereocenters. The number of benzene rings is 1. The van der Waals surface area contributed by atoms with E-state index in [2.05, 4.69) is 63.1 Å². The highest BCUT2D eigenvalue weighted by Gasteiger charge is 2.21. The first-order valence-electron chi connectivity index (χ1n) is 7.01. The lowest BCUT2D eigenvalue weighted by atomic mass is 9.92. The molecule has 2 heteroatoms. The van der Waals surface area contributed by atoms with E-state index < -0.39 is 0 Å². The summed E-state index contributed by atoms with van der Waals surface area (Å²) < 4.78 is 0. The Balaban J connectivity index is 2.65. The molecular formula is C16H28N2. The van der Waals surface area contributed by atoms with Crippen LogP contribution in [-0.4, -0.2) is 31.1 Å². The number of hydrogen-bond donors (Lipinski definition) is 1. The maximum Gasteiger partial charge on any atom is 0.0281 e. The molecule has 0 aliphatic rings. The summed E-state index contributed by atoms with van der Waals surface area (Å²) in [5, 5.41) is 0. The van der Waals surface area contributed by atoms with E-state index in [-0.39, 0.29) is 0 Å². The van der Waals surface area contributed by atoms with Crippen molar-refractivity contribution in [1.29, 1.82) is 0 Å². The van der Waals surface area contributed by atoms with E-state index in [1.165, 1.54) is 12.0 Å². The van der Waals surface area contributed by atoms with Crippen LogP contribution in [0.15, 0.2) is 30.3 Å². The molecule has 0 saturated carbocycles. The lowest BCUT2D eigenvalue weighted by Crippen LogP contribution is -2.42. The molecule has 0 aliphatic heterocycles. The predicted molar refractivity (Wildman–Crippen MR) is 79.8 cm³/mol. The Kier molecular flexibility index (Phi) is 6.37. The van der Waals surface area contributed by atoms with Crippen LogP contribution in [0.25, 0.3) is 0 Å². The maximum atomic E-state index is 5.98. The fraction of sp³-hybridized carbons (Fsp3) is 0.625. The van der Waals surface area contributed by atoms with Crippen LogP contribution in [0.3, 0.4) is 0 Å². The molecule has 0 fully saturated rings. The van der Waals surface area contributed by atoms with E-state index in [0.29, 0.717) is 18.5 Å². The predicted octanol–water partition coefficient (Wildman–Crippen LogP) is 3.10. The van der Waals surface area contributed by atoms with Gasteiger partial charge in [-0.25, -0.2) is 0 Å². The third kappa shape index (κ3) is 4.43. The molecule has 0 amide bonds. The number of nitrogens with two attached hydrogens (primary N) is 1. The average molecular weight is 248 g/mol. The average Bonchev–Trinajstić information content (AvgIpc) is 2.38. The third-order valence-electron chi connectivity index (χ3n) is 3.77. The first-order valence-corrected chi connectivity index (χ1v) is 7.01. The lowest BCUT2D eigenvalue weighted by molar-refractivity contribution is 0.210. The quantitative estimate of drug-likeness (QED) is 0.803. The molecule has 102 valence electrons. The van der Waals surface area contributed by atoms with E-state index >= 15 is 0 Å². The van der Waals surface area contributed by atoms with Crippen molar-refractivity contribution in [3.05, 3.63) is 35.9 Å². The van der Waals surface area contributed by atoms with Crippen LogP contribution >= 0.6 is 0 Å². The Morgan fingerprint density at radius 1 is 1.11 bits per heavy atom. The van der Waals surface area contributed by atoms with Crippen molar-refractivity contribution in [2.45, 2.75) is 39.2 Å². The minimum absolute atomic E-state index is 0.422. The lowest BCUT2D eigenvalue weighted by Gasteiger charge is -2.32. The summed E-state index contributed by atoms with van der Waals surface area (Å²) in [6, 6.07) is 11.1. The molecule has 0 aliphatic carbocycles. The van der Waals surface area contributed by atoms with Gasteiger partial charge < -0.3 is 10.6 Å². The molecule has 2 atom stereocenters. The Labute approximate surface area is 112 Å². The van der Waals surface area contributed by atoms with Gasteiger partial charge in [-0.15, -0.1) is 0 Å². The van der Waals surface area contributed by atoms with Crippen molar-refractivity contribution in [1.82, 2.24) is 4.90 Å². The fourth-order valence-electron chi connectivity index (χ4n) is 2.37. The summed E-state index contributed by atoms with van der Waals surface area (Å²) in [7, 11) is 2.19. The zero-order valence-corrected chi connectivity index (χ0v) is 12.3. The third-order valence-corrected chi connectivity index (χ3v) is 3.77. The van der Waals surface area contributed by atoms with Crippen molar-refractivity contribution in [3.8, 4) is 0 Å². The molecule has 1 aromatic carbocycles. The topological polar surface area (TPSA) is 29.3 Å². The molecule has 0 bridgehead atoms. The zero-order valence-electron chi connectivity index (χ0n) is 12.3. The number of hydrogen-bond acceptors (Lipinski definition) is 2. The Morgan fingerprint density at radius 3 is 2.22 bits per heavy atom. The van der Waals surface area contributed by atoms with Crippen LogP contribution in [-0.2, 0) is 0 Å². The van der Waals surface area contributed by atoms with Crippen LogP contribution in [0, 0.1) is 5.92 Å². The fourth-order valence-corrected chi connectivity index (χ4v) is 2.37. The Morgan fingerprint density at radius 2 is 1.72 bits per heavy atom. The first kappa shape index (κ1) is 15.2. The summed E-state index contributed by atoms with van der Waals surface area (Å²) in [5.41, 5.74) is 7.36. The smallest absolute Gasteiger partial charge is 0.0281 e. The zero-order chi connectivity index (χ0) is 13.5. The molecule has 2 N–H and O–H groups in total. The summed E-state index contributed by atoms with van der Waals surface area (Å²) in [6.07, 6.45) is 1.23. The largest absolute Gasteiger partial charge is 0.329 e. The summed E-state index contributed by atoms with van der Waals surface area (Å²) in [5.74, 6) is 1.23. The van der Waals surface area contributed by atoms with Crippen LogP contribution in [0.1, 0.15) is 38.7 Å². The second kappa shape index (κ2) is 7.55. The Hall–Kier alpha value is -0.860. The number of rotatable bonds is 7. The van der Waals surface area contributed by atoms with Gasteiger partial charge in [0.1, 0.15) is 0 Å². The summed E-state index contributed by atoms with van der Waals surface area (Å²) in [6.45, 7) is 8.65. The van der Waals surface area contributed by atoms with Crippen LogP contribution in [0.5, 0.6) is 0 Å². The van der Waals surface area contributed by atoms with Gasteiger partial charge in [-0.05, 0) is 37.4 Å². The molecule has 0 heterocycles. The highest BCUT2D eigenvalue weighted by molar-refractivity contribution is 5.20. The number of likely N-dealkylation sites (N-methyl/N-ethyl adjacent to an activating group) is 1.